The first-order valence-corrected chi connectivity index (χ1v) is 9.29. The Labute approximate surface area is 160 Å². The number of cyclic esters (lactones) is 1. The van der Waals surface area contributed by atoms with Gasteiger partial charge in [-0.1, -0.05) is 32.1 Å². The fourth-order valence-corrected chi connectivity index (χ4v) is 2.96. The number of carbonyl (C=O) groups excluding carboxylic acids is 1. The van der Waals surface area contributed by atoms with Crippen LogP contribution < -0.4 is 5.32 Å². The Morgan fingerprint density at radius 3 is 2.85 bits per heavy atom. The summed E-state index contributed by atoms with van der Waals surface area (Å²) in [6.45, 7) is 12.4. The van der Waals surface area contributed by atoms with E-state index >= 15 is 0 Å². The number of carbonyl (C=O) groups is 1. The second kappa shape index (κ2) is 9.35. The SMILES string of the molecule is C=C(N=CC1=C(C)N(CC)C(=O)OC1)NC(C)c1ccc(CCC)c(F)c1. The maximum Gasteiger partial charge on any atom is 0.414 e. The minimum atomic E-state index is -0.341. The number of allylic oxidation sites excluding steroid dienone is 1. The van der Waals surface area contributed by atoms with Crippen molar-refractivity contribution < 1.29 is 13.9 Å². The third-order valence-corrected chi connectivity index (χ3v) is 4.61. The molecule has 1 N–H and O–H groups in total. The summed E-state index contributed by atoms with van der Waals surface area (Å²) < 4.78 is 19.3. The molecule has 1 aromatic carbocycles. The molecule has 146 valence electrons. The van der Waals surface area contributed by atoms with E-state index in [0.29, 0.717) is 12.4 Å². The fraction of sp³-hybridized carbons (Fsp3) is 0.429. The number of hydrogen-bond donors (Lipinski definition) is 1. The van der Waals surface area contributed by atoms with Gasteiger partial charge in [0, 0.05) is 24.0 Å². The van der Waals surface area contributed by atoms with Gasteiger partial charge in [0.2, 0.25) is 0 Å². The summed E-state index contributed by atoms with van der Waals surface area (Å²) in [6.07, 6.45) is 2.96. The average Bonchev–Trinajstić information content (AvgIpc) is 2.63. The molecule has 0 radical (unpaired) electrons. The molecule has 1 unspecified atom stereocenters. The number of rotatable bonds is 8. The Morgan fingerprint density at radius 2 is 2.22 bits per heavy atom. The number of aryl methyl sites for hydroxylation is 1. The Bertz CT molecular complexity index is 771. The zero-order valence-corrected chi connectivity index (χ0v) is 16.5. The van der Waals surface area contributed by atoms with Crippen molar-refractivity contribution in [3.05, 3.63) is 58.8 Å². The van der Waals surface area contributed by atoms with Crippen molar-refractivity contribution in [2.24, 2.45) is 4.99 Å². The zero-order valence-electron chi connectivity index (χ0n) is 16.5. The molecule has 1 heterocycles. The van der Waals surface area contributed by atoms with Gasteiger partial charge < -0.3 is 10.1 Å². The summed E-state index contributed by atoms with van der Waals surface area (Å²) in [5, 5.41) is 3.16. The number of hydrogen-bond acceptors (Lipinski definition) is 4. The van der Waals surface area contributed by atoms with Gasteiger partial charge in [0.15, 0.2) is 0 Å². The van der Waals surface area contributed by atoms with Crippen LogP contribution in [0.2, 0.25) is 0 Å². The third kappa shape index (κ3) is 5.18. The van der Waals surface area contributed by atoms with Gasteiger partial charge in [-0.25, -0.2) is 14.2 Å². The molecule has 0 saturated heterocycles. The molecule has 0 bridgehead atoms. The number of ether oxygens (including phenoxy) is 1. The molecule has 2 rings (SSSR count). The number of aliphatic imine (C=N–C) groups is 1. The van der Waals surface area contributed by atoms with Gasteiger partial charge in [-0.15, -0.1) is 0 Å². The Hall–Kier alpha value is -2.63. The molecule has 0 aromatic heterocycles. The molecule has 0 aliphatic carbocycles. The lowest BCUT2D eigenvalue weighted by molar-refractivity contribution is 0.114. The smallest absolute Gasteiger partial charge is 0.414 e. The van der Waals surface area contributed by atoms with E-state index in [0.717, 1.165) is 35.2 Å². The fourth-order valence-electron chi connectivity index (χ4n) is 2.96. The molecule has 0 saturated carbocycles. The highest BCUT2D eigenvalue weighted by molar-refractivity contribution is 5.84. The van der Waals surface area contributed by atoms with Crippen LogP contribution in [0.4, 0.5) is 9.18 Å². The number of nitrogens with one attached hydrogen (secondary N) is 1. The maximum absolute atomic E-state index is 14.1. The highest BCUT2D eigenvalue weighted by atomic mass is 19.1. The van der Waals surface area contributed by atoms with Crippen LogP contribution in [0.1, 0.15) is 51.3 Å². The van der Waals surface area contributed by atoms with Crippen LogP contribution in [0, 0.1) is 5.82 Å². The Morgan fingerprint density at radius 1 is 1.48 bits per heavy atom. The first kappa shape index (κ1) is 20.7. The molecule has 5 nitrogen and oxygen atoms in total. The second-order valence-electron chi connectivity index (χ2n) is 6.58. The molecule has 1 aromatic rings. The van der Waals surface area contributed by atoms with Gasteiger partial charge in [0.25, 0.3) is 0 Å². The molecular formula is C21H28FN3O2. The number of amides is 1. The summed E-state index contributed by atoms with van der Waals surface area (Å²) in [6, 6.07) is 5.19. The highest BCUT2D eigenvalue weighted by Gasteiger charge is 2.23. The zero-order chi connectivity index (χ0) is 20.0. The van der Waals surface area contributed by atoms with Gasteiger partial charge in [-0.3, -0.25) is 4.90 Å². The first-order chi connectivity index (χ1) is 12.9. The Balaban J connectivity index is 2.02. The van der Waals surface area contributed by atoms with E-state index in [1.807, 2.05) is 39.8 Å². The number of benzene rings is 1. The van der Waals surface area contributed by atoms with E-state index in [4.69, 9.17) is 4.74 Å². The maximum atomic E-state index is 14.1. The minimum absolute atomic E-state index is 0.133. The lowest BCUT2D eigenvalue weighted by Gasteiger charge is -2.27. The minimum Gasteiger partial charge on any atom is -0.444 e. The summed E-state index contributed by atoms with van der Waals surface area (Å²) in [4.78, 5) is 17.6. The van der Waals surface area contributed by atoms with E-state index in [2.05, 4.69) is 16.9 Å². The summed E-state index contributed by atoms with van der Waals surface area (Å²) in [7, 11) is 0. The van der Waals surface area contributed by atoms with Crippen LogP contribution in [0.3, 0.4) is 0 Å². The third-order valence-electron chi connectivity index (χ3n) is 4.61. The topological polar surface area (TPSA) is 53.9 Å². The van der Waals surface area contributed by atoms with Gasteiger partial charge in [0.1, 0.15) is 18.2 Å². The highest BCUT2D eigenvalue weighted by Crippen LogP contribution is 2.20. The Kier molecular flexibility index (Phi) is 7.16. The second-order valence-corrected chi connectivity index (χ2v) is 6.58. The quantitative estimate of drug-likeness (QED) is 0.671. The van der Waals surface area contributed by atoms with E-state index in [-0.39, 0.29) is 24.6 Å². The molecular weight excluding hydrogens is 345 g/mol. The molecule has 1 aliphatic rings. The van der Waals surface area contributed by atoms with Crippen molar-refractivity contribution in [3.8, 4) is 0 Å². The van der Waals surface area contributed by atoms with E-state index < -0.39 is 0 Å². The van der Waals surface area contributed by atoms with E-state index in [9.17, 15) is 9.18 Å². The summed E-state index contributed by atoms with van der Waals surface area (Å²) in [5.74, 6) is 0.280. The standard InChI is InChI=1S/C21H28FN3O2/c1-6-8-17-9-10-18(11-20(17)22)14(3)24-16(5)23-12-19-13-27-21(26)25(7-2)15(19)4/h9-12,14,24H,5-8,13H2,1-4H3. The van der Waals surface area contributed by atoms with Gasteiger partial charge in [-0.2, -0.15) is 0 Å². The molecule has 0 spiro atoms. The molecule has 1 amide bonds. The van der Waals surface area contributed by atoms with Crippen molar-refractivity contribution >= 4 is 12.3 Å². The summed E-state index contributed by atoms with van der Waals surface area (Å²) >= 11 is 0. The monoisotopic (exact) mass is 373 g/mol. The summed E-state index contributed by atoms with van der Waals surface area (Å²) in [5.41, 5.74) is 3.22. The van der Waals surface area contributed by atoms with Crippen LogP contribution in [0.15, 0.2) is 46.9 Å². The largest absolute Gasteiger partial charge is 0.444 e. The number of halogens is 1. The van der Waals surface area contributed by atoms with Gasteiger partial charge in [-0.05, 0) is 44.4 Å². The molecule has 1 aliphatic heterocycles. The predicted molar refractivity (Wildman–Crippen MR) is 106 cm³/mol. The van der Waals surface area contributed by atoms with E-state index in [1.165, 1.54) is 0 Å². The molecule has 27 heavy (non-hydrogen) atoms. The predicted octanol–water partition coefficient (Wildman–Crippen LogP) is 4.72. The molecule has 0 fully saturated rings. The molecule has 6 heteroatoms. The number of nitrogens with zero attached hydrogens (tertiary/aromatic N) is 2. The average molecular weight is 373 g/mol. The van der Waals surface area contributed by atoms with E-state index in [1.54, 1.807) is 17.2 Å². The van der Waals surface area contributed by atoms with Crippen molar-refractivity contribution in [1.29, 1.82) is 0 Å². The van der Waals surface area contributed by atoms with Crippen molar-refractivity contribution in [1.82, 2.24) is 10.2 Å². The normalized spacial score (nSPS) is 15.9. The van der Waals surface area contributed by atoms with Crippen LogP contribution in [-0.4, -0.2) is 30.4 Å². The lowest BCUT2D eigenvalue weighted by Crippen LogP contribution is -2.35. The van der Waals surface area contributed by atoms with Gasteiger partial charge in [0.05, 0.1) is 6.04 Å². The van der Waals surface area contributed by atoms with Crippen molar-refractivity contribution in [2.45, 2.75) is 46.6 Å². The first-order valence-electron chi connectivity index (χ1n) is 9.29. The molecule has 1 atom stereocenters. The van der Waals surface area contributed by atoms with Crippen LogP contribution in [-0.2, 0) is 11.2 Å². The lowest BCUT2D eigenvalue weighted by atomic mass is 10.0. The van der Waals surface area contributed by atoms with Crippen LogP contribution in [0.25, 0.3) is 0 Å². The van der Waals surface area contributed by atoms with Crippen molar-refractivity contribution in [2.75, 3.05) is 13.2 Å². The van der Waals surface area contributed by atoms with Gasteiger partial charge >= 0.3 is 6.09 Å². The van der Waals surface area contributed by atoms with Crippen LogP contribution in [0.5, 0.6) is 0 Å². The van der Waals surface area contributed by atoms with Crippen LogP contribution >= 0.6 is 0 Å². The van der Waals surface area contributed by atoms with Crippen molar-refractivity contribution in [3.63, 3.8) is 0 Å².